The molecule has 2 aromatic carbocycles. The number of hydrogen-bond acceptors (Lipinski definition) is 9. The Bertz CT molecular complexity index is 1140. The van der Waals surface area contributed by atoms with Crippen molar-refractivity contribution >= 4 is 27.1 Å². The van der Waals surface area contributed by atoms with Gasteiger partial charge in [0.1, 0.15) is 11.5 Å². The van der Waals surface area contributed by atoms with Crippen molar-refractivity contribution in [1.29, 1.82) is 0 Å². The minimum atomic E-state index is -5.20. The van der Waals surface area contributed by atoms with Crippen molar-refractivity contribution in [3.05, 3.63) is 59.7 Å². The highest BCUT2D eigenvalue weighted by molar-refractivity contribution is 7.71. The minimum absolute atomic E-state index is 0.0376. The van der Waals surface area contributed by atoms with E-state index in [9.17, 15) is 39.1 Å². The number of carbonyl (C=O) groups is 2. The van der Waals surface area contributed by atoms with Crippen molar-refractivity contribution in [1.82, 2.24) is 9.80 Å². The molecule has 218 valence electrons. The van der Waals surface area contributed by atoms with Gasteiger partial charge in [0.25, 0.3) is 5.08 Å². The smallest absolute Gasteiger partial charge is 0.369 e. The molecule has 0 amide bonds. The summed E-state index contributed by atoms with van der Waals surface area (Å²) in [6, 6.07) is 13.2. The van der Waals surface area contributed by atoms with Crippen molar-refractivity contribution in [2.24, 2.45) is 0 Å². The highest BCUT2D eigenvalue weighted by Crippen LogP contribution is 2.66. The second-order valence-corrected chi connectivity index (χ2v) is 12.8. The fraction of sp³-hybridized carbons (Fsp3) is 0.364. The molecule has 2 aromatic rings. The number of aliphatic carboxylic acids is 2. The quantitative estimate of drug-likeness (QED) is 0.122. The van der Waals surface area contributed by atoms with Gasteiger partial charge in [-0.15, -0.1) is 0 Å². The molecule has 0 saturated heterocycles. The second-order valence-electron chi connectivity index (χ2n) is 8.55. The third-order valence-electron chi connectivity index (χ3n) is 5.57. The maximum Gasteiger partial charge on any atom is 0.369 e. The van der Waals surface area contributed by atoms with Gasteiger partial charge in [-0.05, 0) is 26.0 Å². The molecule has 0 bridgehead atoms. The average molecular weight is 594 g/mol. The summed E-state index contributed by atoms with van der Waals surface area (Å²) in [6.45, 7) is 1.65. The van der Waals surface area contributed by atoms with E-state index in [0.717, 1.165) is 0 Å². The summed E-state index contributed by atoms with van der Waals surface area (Å²) < 4.78 is 20.5. The molecular formula is C22H32N2O13P2. The molecule has 0 aliphatic carbocycles. The lowest BCUT2D eigenvalue weighted by Crippen LogP contribution is -2.49. The van der Waals surface area contributed by atoms with Crippen LogP contribution in [-0.2, 0) is 31.8 Å². The molecule has 0 heterocycles. The van der Waals surface area contributed by atoms with Gasteiger partial charge in [0.15, 0.2) is 0 Å². The second kappa shape index (κ2) is 14.0. The van der Waals surface area contributed by atoms with Gasteiger partial charge in [0.05, 0.1) is 19.3 Å². The predicted molar refractivity (Wildman–Crippen MR) is 136 cm³/mol. The normalized spacial score (nSPS) is 12.4. The molecule has 0 aliphatic heterocycles. The van der Waals surface area contributed by atoms with E-state index in [1.54, 1.807) is 53.1 Å². The van der Waals surface area contributed by atoms with Gasteiger partial charge in [0, 0.05) is 24.2 Å². The molecule has 39 heavy (non-hydrogen) atoms. The van der Waals surface area contributed by atoms with E-state index in [1.165, 1.54) is 12.1 Å². The number of aromatic hydroxyl groups is 2. The SMILES string of the molecule is CC(N(CC(=O)O)Cc1ccccc1O)N(CC(=O)O)Cc1ccccc1O.CC(O)(P(=O)(O)O)P(=O)(O)O. The van der Waals surface area contributed by atoms with Crippen LogP contribution < -0.4 is 0 Å². The van der Waals surface area contributed by atoms with Gasteiger partial charge in [-0.2, -0.15) is 0 Å². The van der Waals surface area contributed by atoms with Crippen LogP contribution >= 0.6 is 15.2 Å². The van der Waals surface area contributed by atoms with Crippen LogP contribution in [0.1, 0.15) is 25.0 Å². The minimum Gasteiger partial charge on any atom is -0.508 e. The number of para-hydroxylation sites is 2. The molecular weight excluding hydrogens is 562 g/mol. The van der Waals surface area contributed by atoms with Crippen LogP contribution in [0.25, 0.3) is 0 Å². The van der Waals surface area contributed by atoms with E-state index in [0.29, 0.717) is 18.1 Å². The Hall–Kier alpha value is -2.84. The number of rotatable bonds is 12. The van der Waals surface area contributed by atoms with Crippen LogP contribution in [0.15, 0.2) is 48.5 Å². The summed E-state index contributed by atoms with van der Waals surface area (Å²) >= 11 is 0. The number of benzene rings is 2. The zero-order valence-electron chi connectivity index (χ0n) is 21.0. The lowest BCUT2D eigenvalue weighted by Gasteiger charge is -2.36. The molecule has 0 spiro atoms. The highest BCUT2D eigenvalue weighted by Gasteiger charge is 2.55. The lowest BCUT2D eigenvalue weighted by molar-refractivity contribution is -0.142. The molecule has 2 rings (SSSR count). The van der Waals surface area contributed by atoms with Gasteiger partial charge >= 0.3 is 27.1 Å². The molecule has 9 N–H and O–H groups in total. The molecule has 0 saturated carbocycles. The van der Waals surface area contributed by atoms with E-state index < -0.39 is 38.4 Å². The van der Waals surface area contributed by atoms with Crippen LogP contribution in [0.5, 0.6) is 11.5 Å². The van der Waals surface area contributed by atoms with Crippen molar-refractivity contribution in [3.63, 3.8) is 0 Å². The molecule has 0 fully saturated rings. The fourth-order valence-electron chi connectivity index (χ4n) is 3.12. The number of carboxylic acid groups (broad SMARTS) is 2. The van der Waals surface area contributed by atoms with Gasteiger partial charge in [-0.1, -0.05) is 36.4 Å². The van der Waals surface area contributed by atoms with Crippen molar-refractivity contribution in [2.45, 2.75) is 38.2 Å². The number of phenolic OH excluding ortho intramolecular Hbond substituents is 2. The Morgan fingerprint density at radius 2 is 1.08 bits per heavy atom. The van der Waals surface area contributed by atoms with E-state index in [2.05, 4.69) is 0 Å². The van der Waals surface area contributed by atoms with E-state index in [-0.39, 0.29) is 37.7 Å². The van der Waals surface area contributed by atoms with E-state index >= 15 is 0 Å². The maximum absolute atomic E-state index is 11.4. The zero-order chi connectivity index (χ0) is 30.2. The van der Waals surface area contributed by atoms with E-state index in [4.69, 9.17) is 24.7 Å². The molecule has 17 heteroatoms. The number of carboxylic acids is 2. The first-order valence-corrected chi connectivity index (χ1v) is 14.3. The van der Waals surface area contributed by atoms with E-state index in [1.807, 2.05) is 0 Å². The highest BCUT2D eigenvalue weighted by atomic mass is 31.2. The third kappa shape index (κ3) is 10.3. The third-order valence-corrected chi connectivity index (χ3v) is 9.34. The summed E-state index contributed by atoms with van der Waals surface area (Å²) in [7, 11) is -10.4. The van der Waals surface area contributed by atoms with Gasteiger partial charge in [-0.25, -0.2) is 0 Å². The Labute approximate surface area is 223 Å². The summed E-state index contributed by atoms with van der Waals surface area (Å²) in [5, 5.41) is 44.0. The summed E-state index contributed by atoms with van der Waals surface area (Å²) in [5.74, 6) is -2.06. The first-order valence-electron chi connectivity index (χ1n) is 11.1. The Balaban J connectivity index is 0.000000584. The van der Waals surface area contributed by atoms with Gasteiger partial charge in [0.2, 0.25) is 0 Å². The van der Waals surface area contributed by atoms with Crippen LogP contribution in [-0.4, -0.2) is 91.2 Å². The summed E-state index contributed by atoms with van der Waals surface area (Å²) in [6.07, 6.45) is -0.591. The Morgan fingerprint density at radius 1 is 0.769 bits per heavy atom. The van der Waals surface area contributed by atoms with Crippen LogP contribution in [0.4, 0.5) is 0 Å². The van der Waals surface area contributed by atoms with Crippen LogP contribution in [0.3, 0.4) is 0 Å². The average Bonchev–Trinajstić information content (AvgIpc) is 2.79. The largest absolute Gasteiger partial charge is 0.508 e. The van der Waals surface area contributed by atoms with Crippen LogP contribution in [0, 0.1) is 0 Å². The molecule has 0 unspecified atom stereocenters. The van der Waals surface area contributed by atoms with Crippen LogP contribution in [0.2, 0.25) is 0 Å². The van der Waals surface area contributed by atoms with Crippen molar-refractivity contribution in [3.8, 4) is 11.5 Å². The molecule has 0 aromatic heterocycles. The number of nitrogens with zero attached hydrogens (tertiary/aromatic N) is 2. The summed E-state index contributed by atoms with van der Waals surface area (Å²) in [5.41, 5.74) is 1.07. The molecule has 15 nitrogen and oxygen atoms in total. The number of aliphatic hydroxyl groups is 1. The van der Waals surface area contributed by atoms with Gasteiger partial charge < -0.3 is 45.1 Å². The van der Waals surface area contributed by atoms with Gasteiger partial charge in [-0.3, -0.25) is 28.5 Å². The molecule has 0 atom stereocenters. The molecule has 0 aliphatic rings. The standard InChI is InChI=1S/C20H24N2O6.C2H8O7P2/c1-14(21(12-19(25)26)10-15-6-2-4-8-17(15)23)22(13-20(27)28)11-16-7-3-5-9-18(16)24;1-2(3,10(4,5)6)11(7,8)9/h2-9,14,23-24H,10-13H2,1H3,(H,25,26)(H,27,28);3H,1H3,(H2,4,5,6)(H2,7,8,9). The first kappa shape index (κ1) is 34.2. The topological polar surface area (TPSA) is 257 Å². The number of phenols is 2. The Kier molecular flexibility index (Phi) is 12.3. The molecule has 0 radical (unpaired) electrons. The number of hydrogen-bond donors (Lipinski definition) is 9. The summed E-state index contributed by atoms with van der Waals surface area (Å²) in [4.78, 5) is 58.8. The maximum atomic E-state index is 11.4. The van der Waals surface area contributed by atoms with Crippen molar-refractivity contribution < 1.29 is 63.8 Å². The monoisotopic (exact) mass is 594 g/mol. The predicted octanol–water partition coefficient (Wildman–Crippen LogP) is 0.925. The fourth-order valence-corrected chi connectivity index (χ4v) is 4.47. The Morgan fingerprint density at radius 3 is 1.31 bits per heavy atom. The lowest BCUT2D eigenvalue weighted by atomic mass is 10.1. The zero-order valence-corrected chi connectivity index (χ0v) is 22.8. The first-order chi connectivity index (χ1) is 17.8. The van der Waals surface area contributed by atoms with Crippen molar-refractivity contribution in [2.75, 3.05) is 13.1 Å².